The molecule has 33 heavy (non-hydrogen) atoms. The molecule has 2 aliphatic rings. The van der Waals surface area contributed by atoms with Crippen LogP contribution in [0.5, 0.6) is 5.75 Å². The number of esters is 1. The molecule has 0 saturated carbocycles. The number of thiophene rings is 1. The Morgan fingerprint density at radius 2 is 2.12 bits per heavy atom. The van der Waals surface area contributed by atoms with E-state index in [2.05, 4.69) is 10.3 Å². The average molecular weight is 485 g/mol. The van der Waals surface area contributed by atoms with E-state index in [-0.39, 0.29) is 19.3 Å². The van der Waals surface area contributed by atoms with Gasteiger partial charge in [0.15, 0.2) is 6.79 Å². The van der Waals surface area contributed by atoms with Crippen molar-refractivity contribution in [3.8, 4) is 5.75 Å². The van der Waals surface area contributed by atoms with Crippen LogP contribution < -0.4 is 10.1 Å². The molecule has 5 rings (SSSR count). The van der Waals surface area contributed by atoms with Crippen molar-refractivity contribution >= 4 is 39.8 Å². The lowest BCUT2D eigenvalue weighted by atomic mass is 9.95. The van der Waals surface area contributed by atoms with Gasteiger partial charge in [-0.05, 0) is 55.5 Å². The number of carbonyl (C=O) groups excluding carboxylic acids is 2. The van der Waals surface area contributed by atoms with Crippen LogP contribution in [0.25, 0.3) is 0 Å². The van der Waals surface area contributed by atoms with E-state index in [0.717, 1.165) is 41.7 Å². The summed E-state index contributed by atoms with van der Waals surface area (Å²) in [5.74, 6) is -0.152. The molecular formula is C24H21ClN2O5S. The quantitative estimate of drug-likeness (QED) is 0.504. The Bertz CT molecular complexity index is 1210. The molecule has 3 aromatic rings. The first-order valence-corrected chi connectivity index (χ1v) is 11.8. The van der Waals surface area contributed by atoms with Gasteiger partial charge in [0.25, 0.3) is 5.91 Å². The number of rotatable bonds is 5. The Kier molecular flexibility index (Phi) is 6.30. The molecule has 0 radical (unpaired) electrons. The Labute approximate surface area is 199 Å². The monoisotopic (exact) mass is 484 g/mol. The second-order valence-corrected chi connectivity index (χ2v) is 9.39. The van der Waals surface area contributed by atoms with Crippen molar-refractivity contribution in [2.75, 3.05) is 12.1 Å². The largest absolute Gasteiger partial charge is 0.467 e. The molecule has 9 heteroatoms. The van der Waals surface area contributed by atoms with Crippen LogP contribution in [0.2, 0.25) is 5.02 Å². The molecule has 0 fully saturated rings. The van der Waals surface area contributed by atoms with Gasteiger partial charge in [-0.15, -0.1) is 11.3 Å². The van der Waals surface area contributed by atoms with Crippen LogP contribution in [0.15, 0.2) is 36.7 Å². The van der Waals surface area contributed by atoms with E-state index >= 15 is 0 Å². The number of aromatic nitrogens is 1. The van der Waals surface area contributed by atoms with E-state index in [9.17, 15) is 9.59 Å². The minimum atomic E-state index is -0.475. The van der Waals surface area contributed by atoms with Gasteiger partial charge in [0.05, 0.1) is 17.7 Å². The minimum absolute atomic E-state index is 0.00232. The molecule has 7 nitrogen and oxygen atoms in total. The number of pyridine rings is 1. The molecular weight excluding hydrogens is 464 g/mol. The van der Waals surface area contributed by atoms with Gasteiger partial charge in [0, 0.05) is 33.4 Å². The Balaban J connectivity index is 1.40. The van der Waals surface area contributed by atoms with E-state index in [4.69, 9.17) is 25.8 Å². The number of carbonyl (C=O) groups is 2. The highest BCUT2D eigenvalue weighted by atomic mass is 35.5. The number of hydrogen-bond donors (Lipinski definition) is 1. The van der Waals surface area contributed by atoms with Gasteiger partial charge in [0.2, 0.25) is 0 Å². The number of nitrogens with one attached hydrogen (secondary N) is 1. The van der Waals surface area contributed by atoms with Gasteiger partial charge >= 0.3 is 5.97 Å². The van der Waals surface area contributed by atoms with Crippen molar-refractivity contribution in [1.29, 1.82) is 0 Å². The normalized spacial score (nSPS) is 14.6. The predicted molar refractivity (Wildman–Crippen MR) is 124 cm³/mol. The number of ether oxygens (including phenoxy) is 3. The highest BCUT2D eigenvalue weighted by molar-refractivity contribution is 7.17. The lowest BCUT2D eigenvalue weighted by Gasteiger charge is -2.21. The van der Waals surface area contributed by atoms with Crippen molar-refractivity contribution in [2.24, 2.45) is 0 Å². The number of halogens is 1. The highest BCUT2D eigenvalue weighted by Crippen LogP contribution is 2.39. The van der Waals surface area contributed by atoms with Crippen molar-refractivity contribution in [2.45, 2.75) is 38.9 Å². The number of amides is 1. The van der Waals surface area contributed by atoms with Gasteiger partial charge in [-0.2, -0.15) is 0 Å². The summed E-state index contributed by atoms with van der Waals surface area (Å²) in [6, 6.07) is 6.89. The summed E-state index contributed by atoms with van der Waals surface area (Å²) >= 11 is 7.67. The SMILES string of the molecule is O=C(Nc1sc2c(c1C(=O)OCc1cc(Cl)cc3c1OCOC3)CCCC2)c1cccnc1. The third-order valence-corrected chi connectivity index (χ3v) is 7.06. The number of hydrogen-bond acceptors (Lipinski definition) is 7. The second-order valence-electron chi connectivity index (χ2n) is 7.85. The summed E-state index contributed by atoms with van der Waals surface area (Å²) in [6.45, 7) is 0.528. The molecule has 170 valence electrons. The van der Waals surface area contributed by atoms with E-state index in [1.807, 2.05) is 0 Å². The van der Waals surface area contributed by atoms with Crippen molar-refractivity contribution in [1.82, 2.24) is 4.98 Å². The first-order chi connectivity index (χ1) is 16.1. The first kappa shape index (κ1) is 21.9. The van der Waals surface area contributed by atoms with Crippen LogP contribution in [-0.2, 0) is 35.5 Å². The second kappa shape index (κ2) is 9.51. The van der Waals surface area contributed by atoms with Crippen LogP contribution in [0, 0.1) is 0 Å². The lowest BCUT2D eigenvalue weighted by Crippen LogP contribution is -2.17. The van der Waals surface area contributed by atoms with E-state index < -0.39 is 5.97 Å². The standard InChI is InChI=1S/C24H21ClN2O5S/c25-17-8-15-11-30-13-32-21(15)16(9-17)12-31-24(29)20-18-5-1-2-6-19(18)33-23(20)27-22(28)14-4-3-7-26-10-14/h3-4,7-10H,1-2,5-6,11-13H2,(H,27,28). The number of aryl methyl sites for hydroxylation is 1. The van der Waals surface area contributed by atoms with Crippen LogP contribution in [0.1, 0.15) is 55.1 Å². The smallest absolute Gasteiger partial charge is 0.341 e. The van der Waals surface area contributed by atoms with Crippen LogP contribution in [0.3, 0.4) is 0 Å². The lowest BCUT2D eigenvalue weighted by molar-refractivity contribution is -0.0180. The van der Waals surface area contributed by atoms with Crippen LogP contribution in [-0.4, -0.2) is 23.7 Å². The van der Waals surface area contributed by atoms with Gasteiger partial charge < -0.3 is 19.5 Å². The Morgan fingerprint density at radius 3 is 2.97 bits per heavy atom. The summed E-state index contributed by atoms with van der Waals surface area (Å²) in [4.78, 5) is 31.1. The van der Waals surface area contributed by atoms with Gasteiger partial charge in [0.1, 0.15) is 17.4 Å². The minimum Gasteiger partial charge on any atom is -0.467 e. The van der Waals surface area contributed by atoms with Crippen molar-refractivity contribution < 1.29 is 23.8 Å². The zero-order valence-electron chi connectivity index (χ0n) is 17.7. The Morgan fingerprint density at radius 1 is 1.24 bits per heavy atom. The zero-order chi connectivity index (χ0) is 22.8. The van der Waals surface area contributed by atoms with Crippen LogP contribution >= 0.6 is 22.9 Å². The molecule has 1 aliphatic carbocycles. The summed E-state index contributed by atoms with van der Waals surface area (Å²) < 4.78 is 16.6. The fraction of sp³-hybridized carbons (Fsp3) is 0.292. The summed E-state index contributed by atoms with van der Waals surface area (Å²) in [5, 5.41) is 3.93. The predicted octanol–water partition coefficient (Wildman–Crippen LogP) is 5.15. The Hall–Kier alpha value is -2.94. The molecule has 0 atom stereocenters. The van der Waals surface area contributed by atoms with E-state index in [1.165, 1.54) is 17.5 Å². The van der Waals surface area contributed by atoms with Crippen molar-refractivity contribution in [3.05, 3.63) is 74.4 Å². The van der Waals surface area contributed by atoms with Gasteiger partial charge in [-0.1, -0.05) is 11.6 Å². The molecule has 1 aliphatic heterocycles. The summed E-state index contributed by atoms with van der Waals surface area (Å²) in [7, 11) is 0. The fourth-order valence-electron chi connectivity index (χ4n) is 4.12. The maximum Gasteiger partial charge on any atom is 0.341 e. The molecule has 0 saturated heterocycles. The van der Waals surface area contributed by atoms with Gasteiger partial charge in [-0.25, -0.2) is 4.79 Å². The number of nitrogens with zero attached hydrogens (tertiary/aromatic N) is 1. The molecule has 1 N–H and O–H groups in total. The van der Waals surface area contributed by atoms with E-state index in [0.29, 0.717) is 39.1 Å². The summed E-state index contributed by atoms with van der Waals surface area (Å²) in [6.07, 6.45) is 6.83. The molecule has 1 aromatic carbocycles. The molecule has 2 aromatic heterocycles. The number of benzene rings is 1. The molecule has 0 spiro atoms. The van der Waals surface area contributed by atoms with Crippen molar-refractivity contribution in [3.63, 3.8) is 0 Å². The fourth-order valence-corrected chi connectivity index (χ4v) is 5.66. The third-order valence-electron chi connectivity index (χ3n) is 5.64. The molecule has 0 unspecified atom stereocenters. The first-order valence-electron chi connectivity index (χ1n) is 10.6. The third kappa shape index (κ3) is 4.59. The maximum absolute atomic E-state index is 13.3. The topological polar surface area (TPSA) is 86.8 Å². The average Bonchev–Trinajstić information content (AvgIpc) is 3.20. The number of anilines is 1. The van der Waals surface area contributed by atoms with Gasteiger partial charge in [-0.3, -0.25) is 9.78 Å². The molecule has 0 bridgehead atoms. The highest BCUT2D eigenvalue weighted by Gasteiger charge is 2.28. The summed E-state index contributed by atoms with van der Waals surface area (Å²) in [5.41, 5.74) is 3.33. The molecule has 3 heterocycles. The zero-order valence-corrected chi connectivity index (χ0v) is 19.3. The van der Waals surface area contributed by atoms with Crippen LogP contribution in [0.4, 0.5) is 5.00 Å². The maximum atomic E-state index is 13.3. The molecule has 1 amide bonds. The van der Waals surface area contributed by atoms with E-state index in [1.54, 1.807) is 30.5 Å². The number of fused-ring (bicyclic) bond motifs is 2.